The molecule has 1 unspecified atom stereocenters. The average Bonchev–Trinajstić information content (AvgIpc) is 2.56. The maximum absolute atomic E-state index is 12.1. The molecule has 2 rings (SSSR count). The van der Waals surface area contributed by atoms with Crippen molar-refractivity contribution in [3.63, 3.8) is 0 Å². The van der Waals surface area contributed by atoms with Crippen molar-refractivity contribution in [2.24, 2.45) is 0 Å². The van der Waals surface area contributed by atoms with Crippen LogP contribution in [-0.4, -0.2) is 19.6 Å². The monoisotopic (exact) mass is 332 g/mol. The smallest absolute Gasteiger partial charge is 0.239 e. The van der Waals surface area contributed by atoms with E-state index >= 15 is 0 Å². The van der Waals surface area contributed by atoms with E-state index in [1.54, 1.807) is 13.2 Å². The summed E-state index contributed by atoms with van der Waals surface area (Å²) in [6, 6.07) is 13.4. The molecule has 0 saturated heterocycles. The highest BCUT2D eigenvalue weighted by Gasteiger charge is 2.11. The Hall–Kier alpha value is -2.20. The highest BCUT2D eigenvalue weighted by Crippen LogP contribution is 2.30. The van der Waals surface area contributed by atoms with Gasteiger partial charge in [-0.05, 0) is 31.0 Å². The van der Waals surface area contributed by atoms with E-state index in [2.05, 4.69) is 10.6 Å². The van der Waals surface area contributed by atoms with Crippen LogP contribution >= 0.6 is 11.6 Å². The number of hydrogen-bond donors (Lipinski definition) is 2. The fourth-order valence-electron chi connectivity index (χ4n) is 2.26. The highest BCUT2D eigenvalue weighted by atomic mass is 35.5. The molecule has 23 heavy (non-hydrogen) atoms. The van der Waals surface area contributed by atoms with Crippen molar-refractivity contribution in [1.82, 2.24) is 5.32 Å². The van der Waals surface area contributed by atoms with E-state index < -0.39 is 0 Å². The van der Waals surface area contributed by atoms with Gasteiger partial charge in [-0.25, -0.2) is 0 Å². The highest BCUT2D eigenvalue weighted by molar-refractivity contribution is 6.31. The van der Waals surface area contributed by atoms with E-state index in [-0.39, 0.29) is 18.5 Å². The minimum atomic E-state index is -0.0870. The van der Waals surface area contributed by atoms with Gasteiger partial charge < -0.3 is 15.4 Å². The van der Waals surface area contributed by atoms with Crippen molar-refractivity contribution in [3.05, 3.63) is 58.6 Å². The zero-order valence-electron chi connectivity index (χ0n) is 13.5. The van der Waals surface area contributed by atoms with Crippen LogP contribution in [0.3, 0.4) is 0 Å². The Morgan fingerprint density at radius 1 is 1.26 bits per heavy atom. The summed E-state index contributed by atoms with van der Waals surface area (Å²) in [4.78, 5) is 12.1. The average molecular weight is 333 g/mol. The molecule has 122 valence electrons. The van der Waals surface area contributed by atoms with Gasteiger partial charge in [0.25, 0.3) is 0 Å². The molecule has 0 radical (unpaired) electrons. The molecule has 0 heterocycles. The van der Waals surface area contributed by atoms with Gasteiger partial charge in [0.05, 0.1) is 25.4 Å². The lowest BCUT2D eigenvalue weighted by Crippen LogP contribution is -2.32. The fraction of sp³-hybridized carbons (Fsp3) is 0.278. The molecule has 5 heteroatoms. The summed E-state index contributed by atoms with van der Waals surface area (Å²) in [6.45, 7) is 4.03. The first-order valence-electron chi connectivity index (χ1n) is 7.43. The Morgan fingerprint density at radius 3 is 2.61 bits per heavy atom. The van der Waals surface area contributed by atoms with Crippen molar-refractivity contribution in [3.8, 4) is 5.75 Å². The van der Waals surface area contributed by atoms with Crippen LogP contribution in [0.5, 0.6) is 5.75 Å². The number of aryl methyl sites for hydroxylation is 1. The SMILES string of the molecule is COc1cc(Cl)c(C)cc1NCC(=O)NC(C)c1ccccc1. The van der Waals surface area contributed by atoms with E-state index in [4.69, 9.17) is 16.3 Å². The van der Waals surface area contributed by atoms with E-state index in [9.17, 15) is 4.79 Å². The van der Waals surface area contributed by atoms with E-state index in [1.807, 2.05) is 50.2 Å². The number of rotatable bonds is 6. The molecular formula is C18H21ClN2O2. The Kier molecular flexibility index (Phi) is 5.88. The molecule has 0 bridgehead atoms. The van der Waals surface area contributed by atoms with E-state index in [0.29, 0.717) is 10.8 Å². The molecule has 0 spiro atoms. The molecule has 0 aromatic heterocycles. The summed E-state index contributed by atoms with van der Waals surface area (Å²) >= 11 is 6.08. The number of methoxy groups -OCH3 is 1. The van der Waals surface area contributed by atoms with E-state index in [0.717, 1.165) is 16.8 Å². The predicted octanol–water partition coefficient (Wildman–Crippen LogP) is 3.95. The van der Waals surface area contributed by atoms with Crippen LogP contribution < -0.4 is 15.4 Å². The predicted molar refractivity (Wildman–Crippen MR) is 94.2 cm³/mol. The molecule has 2 N–H and O–H groups in total. The fourth-order valence-corrected chi connectivity index (χ4v) is 2.42. The maximum Gasteiger partial charge on any atom is 0.239 e. The molecule has 1 atom stereocenters. The molecular weight excluding hydrogens is 312 g/mol. The van der Waals surface area contributed by atoms with Crippen molar-refractivity contribution < 1.29 is 9.53 Å². The van der Waals surface area contributed by atoms with Crippen LogP contribution in [0.4, 0.5) is 5.69 Å². The van der Waals surface area contributed by atoms with Crippen molar-refractivity contribution in [2.75, 3.05) is 19.0 Å². The quantitative estimate of drug-likeness (QED) is 0.842. The Labute approximate surface area is 141 Å². The van der Waals surface area contributed by atoms with Crippen LogP contribution in [0, 0.1) is 6.92 Å². The summed E-state index contributed by atoms with van der Waals surface area (Å²) in [5.41, 5.74) is 2.74. The zero-order valence-corrected chi connectivity index (χ0v) is 14.3. The van der Waals surface area contributed by atoms with E-state index in [1.165, 1.54) is 0 Å². The summed E-state index contributed by atoms with van der Waals surface area (Å²) in [5, 5.41) is 6.69. The maximum atomic E-state index is 12.1. The number of nitrogens with one attached hydrogen (secondary N) is 2. The van der Waals surface area contributed by atoms with Gasteiger partial charge in [-0.2, -0.15) is 0 Å². The minimum Gasteiger partial charge on any atom is -0.495 e. The van der Waals surface area contributed by atoms with Gasteiger partial charge in [-0.3, -0.25) is 4.79 Å². The number of carbonyl (C=O) groups excluding carboxylic acids is 1. The van der Waals surface area contributed by atoms with Gasteiger partial charge in [0.15, 0.2) is 0 Å². The van der Waals surface area contributed by atoms with Crippen molar-refractivity contribution >= 4 is 23.2 Å². The van der Waals surface area contributed by atoms with Gasteiger partial charge in [0, 0.05) is 11.1 Å². The van der Waals surface area contributed by atoms with Gasteiger partial charge >= 0.3 is 0 Å². The minimum absolute atomic E-state index is 0.0423. The molecule has 0 aliphatic carbocycles. The summed E-state index contributed by atoms with van der Waals surface area (Å²) in [6.07, 6.45) is 0. The second-order valence-electron chi connectivity index (χ2n) is 5.36. The molecule has 0 aliphatic rings. The first kappa shape index (κ1) is 17.2. The third-order valence-electron chi connectivity index (χ3n) is 3.60. The molecule has 4 nitrogen and oxygen atoms in total. The van der Waals surface area contributed by atoms with Crippen LogP contribution in [0.1, 0.15) is 24.1 Å². The van der Waals surface area contributed by atoms with Crippen LogP contribution in [0.2, 0.25) is 5.02 Å². The number of anilines is 1. The number of carbonyl (C=O) groups is 1. The first-order chi connectivity index (χ1) is 11.0. The second kappa shape index (κ2) is 7.88. The third-order valence-corrected chi connectivity index (χ3v) is 4.00. The Balaban J connectivity index is 1.96. The molecule has 2 aromatic carbocycles. The summed E-state index contributed by atoms with van der Waals surface area (Å²) < 4.78 is 5.29. The number of ether oxygens (including phenoxy) is 1. The largest absolute Gasteiger partial charge is 0.495 e. The van der Waals surface area contributed by atoms with Gasteiger partial charge in [-0.15, -0.1) is 0 Å². The normalized spacial score (nSPS) is 11.7. The first-order valence-corrected chi connectivity index (χ1v) is 7.81. The standard InChI is InChI=1S/C18H21ClN2O2/c1-12-9-16(17(23-3)10-15(12)19)20-11-18(22)21-13(2)14-7-5-4-6-8-14/h4-10,13,20H,11H2,1-3H3,(H,21,22). The number of halogens is 1. The Bertz CT molecular complexity index is 674. The van der Waals surface area contributed by atoms with Crippen molar-refractivity contribution in [1.29, 1.82) is 0 Å². The van der Waals surface area contributed by atoms with Gasteiger partial charge in [-0.1, -0.05) is 41.9 Å². The number of benzene rings is 2. The zero-order chi connectivity index (χ0) is 16.8. The molecule has 0 aliphatic heterocycles. The summed E-state index contributed by atoms with van der Waals surface area (Å²) in [5.74, 6) is 0.528. The third kappa shape index (κ3) is 4.63. The molecule has 1 amide bonds. The Morgan fingerprint density at radius 2 is 1.96 bits per heavy atom. The van der Waals surface area contributed by atoms with Crippen LogP contribution in [0.25, 0.3) is 0 Å². The van der Waals surface area contributed by atoms with Crippen molar-refractivity contribution in [2.45, 2.75) is 19.9 Å². The second-order valence-corrected chi connectivity index (χ2v) is 5.76. The lowest BCUT2D eigenvalue weighted by molar-refractivity contribution is -0.120. The topological polar surface area (TPSA) is 50.4 Å². The van der Waals surface area contributed by atoms with Crippen LogP contribution in [-0.2, 0) is 4.79 Å². The summed E-state index contributed by atoms with van der Waals surface area (Å²) in [7, 11) is 1.57. The lowest BCUT2D eigenvalue weighted by atomic mass is 10.1. The lowest BCUT2D eigenvalue weighted by Gasteiger charge is -2.16. The molecule has 0 saturated carbocycles. The number of hydrogen-bond acceptors (Lipinski definition) is 3. The molecule has 2 aromatic rings. The molecule has 0 fully saturated rings. The van der Waals surface area contributed by atoms with Gasteiger partial charge in [0.2, 0.25) is 5.91 Å². The van der Waals surface area contributed by atoms with Crippen LogP contribution in [0.15, 0.2) is 42.5 Å². The number of amides is 1. The van der Waals surface area contributed by atoms with Gasteiger partial charge in [0.1, 0.15) is 5.75 Å².